The van der Waals surface area contributed by atoms with E-state index in [1.54, 1.807) is 12.1 Å². The monoisotopic (exact) mass is 487 g/mol. The Balaban J connectivity index is 1.68. The van der Waals surface area contributed by atoms with Crippen LogP contribution < -0.4 is 14.3 Å². The van der Waals surface area contributed by atoms with E-state index in [-0.39, 0.29) is 17.4 Å². The number of ether oxygens (including phenoxy) is 2. The summed E-state index contributed by atoms with van der Waals surface area (Å²) in [4.78, 5) is 17.0. The van der Waals surface area contributed by atoms with Crippen LogP contribution in [0.5, 0.6) is 11.5 Å². The van der Waals surface area contributed by atoms with Crippen LogP contribution in [-0.2, 0) is 19.4 Å². The predicted molar refractivity (Wildman–Crippen MR) is 136 cm³/mol. The SMILES string of the molecule is CCc1cccc(CC)c1N=c1scc(-c2cccc([N+](=O)[O-])c2)n1Cc1ccc2c(c1)OCO2. The summed E-state index contributed by atoms with van der Waals surface area (Å²) in [5.41, 5.74) is 6.14. The lowest BCUT2D eigenvalue weighted by atomic mass is 10.0. The first-order valence-electron chi connectivity index (χ1n) is 11.5. The molecule has 0 fully saturated rings. The number of aryl methyl sites for hydroxylation is 2. The molecule has 2 heterocycles. The highest BCUT2D eigenvalue weighted by atomic mass is 32.1. The summed E-state index contributed by atoms with van der Waals surface area (Å²) in [7, 11) is 0. The maximum Gasteiger partial charge on any atom is 0.270 e. The van der Waals surface area contributed by atoms with Crippen molar-refractivity contribution in [2.24, 2.45) is 4.99 Å². The minimum atomic E-state index is -0.367. The van der Waals surface area contributed by atoms with Crippen LogP contribution in [0.2, 0.25) is 0 Å². The molecule has 7 nitrogen and oxygen atoms in total. The lowest BCUT2D eigenvalue weighted by Gasteiger charge is -2.12. The topological polar surface area (TPSA) is 78.9 Å². The largest absolute Gasteiger partial charge is 0.454 e. The number of nitrogens with zero attached hydrogens (tertiary/aromatic N) is 3. The van der Waals surface area contributed by atoms with E-state index in [1.807, 2.05) is 29.6 Å². The maximum atomic E-state index is 11.4. The molecule has 0 radical (unpaired) electrons. The molecule has 178 valence electrons. The van der Waals surface area contributed by atoms with Crippen molar-refractivity contribution >= 4 is 22.7 Å². The Labute approximate surface area is 207 Å². The molecule has 35 heavy (non-hydrogen) atoms. The molecule has 0 atom stereocenters. The number of nitro benzene ring substituents is 1. The number of non-ortho nitro benzene ring substituents is 1. The molecule has 0 unspecified atom stereocenters. The Morgan fingerprint density at radius 1 is 1.00 bits per heavy atom. The van der Waals surface area contributed by atoms with E-state index in [0.717, 1.165) is 51.7 Å². The smallest absolute Gasteiger partial charge is 0.270 e. The third-order valence-corrected chi connectivity index (χ3v) is 6.96. The minimum absolute atomic E-state index is 0.0615. The van der Waals surface area contributed by atoms with Crippen LogP contribution >= 0.6 is 11.3 Å². The molecule has 0 bridgehead atoms. The van der Waals surface area contributed by atoms with Gasteiger partial charge in [0.05, 0.1) is 22.8 Å². The molecule has 0 saturated carbocycles. The molecular weight excluding hydrogens is 462 g/mol. The van der Waals surface area contributed by atoms with E-state index in [2.05, 4.69) is 36.6 Å². The Morgan fingerprint density at radius 3 is 2.49 bits per heavy atom. The summed E-state index contributed by atoms with van der Waals surface area (Å²) in [5.74, 6) is 1.45. The van der Waals surface area contributed by atoms with Gasteiger partial charge in [-0.2, -0.15) is 0 Å². The van der Waals surface area contributed by atoms with Crippen LogP contribution in [0.25, 0.3) is 11.3 Å². The van der Waals surface area contributed by atoms with Crippen molar-refractivity contribution < 1.29 is 14.4 Å². The zero-order chi connectivity index (χ0) is 24.4. The van der Waals surface area contributed by atoms with Gasteiger partial charge in [-0.15, -0.1) is 11.3 Å². The van der Waals surface area contributed by atoms with E-state index in [0.29, 0.717) is 6.54 Å². The third-order valence-electron chi connectivity index (χ3n) is 6.10. The normalized spacial score (nSPS) is 12.8. The van der Waals surface area contributed by atoms with Gasteiger partial charge in [0, 0.05) is 23.1 Å². The van der Waals surface area contributed by atoms with Crippen LogP contribution in [0.1, 0.15) is 30.5 Å². The van der Waals surface area contributed by atoms with Gasteiger partial charge < -0.3 is 14.0 Å². The summed E-state index contributed by atoms with van der Waals surface area (Å²) in [5, 5.41) is 13.4. The summed E-state index contributed by atoms with van der Waals surface area (Å²) in [6.07, 6.45) is 1.77. The third kappa shape index (κ3) is 4.57. The molecule has 1 aliphatic rings. The van der Waals surface area contributed by atoms with Gasteiger partial charge in [-0.3, -0.25) is 10.1 Å². The highest BCUT2D eigenvalue weighted by molar-refractivity contribution is 7.07. The number of para-hydroxylation sites is 1. The number of hydrogen-bond acceptors (Lipinski definition) is 6. The number of thiazole rings is 1. The predicted octanol–water partition coefficient (Wildman–Crippen LogP) is 6.26. The minimum Gasteiger partial charge on any atom is -0.454 e. The van der Waals surface area contributed by atoms with Crippen molar-refractivity contribution in [2.75, 3.05) is 6.79 Å². The molecule has 0 N–H and O–H groups in total. The lowest BCUT2D eigenvalue weighted by molar-refractivity contribution is -0.384. The highest BCUT2D eigenvalue weighted by Gasteiger charge is 2.17. The molecule has 8 heteroatoms. The summed E-state index contributed by atoms with van der Waals surface area (Å²) in [6, 6.07) is 19.0. The second-order valence-corrected chi connectivity index (χ2v) is 9.07. The number of benzene rings is 3. The summed E-state index contributed by atoms with van der Waals surface area (Å²) < 4.78 is 13.2. The van der Waals surface area contributed by atoms with Gasteiger partial charge in [0.2, 0.25) is 6.79 Å². The van der Waals surface area contributed by atoms with Gasteiger partial charge >= 0.3 is 0 Å². The van der Waals surface area contributed by atoms with Gasteiger partial charge in [0.15, 0.2) is 16.3 Å². The van der Waals surface area contributed by atoms with Crippen molar-refractivity contribution in [3.05, 3.63) is 97.6 Å². The molecular formula is C27H25N3O4S. The fraction of sp³-hybridized carbons (Fsp3) is 0.222. The molecule has 0 spiro atoms. The van der Waals surface area contributed by atoms with Crippen molar-refractivity contribution in [2.45, 2.75) is 33.2 Å². The fourth-order valence-electron chi connectivity index (χ4n) is 4.26. The van der Waals surface area contributed by atoms with Crippen LogP contribution in [-0.4, -0.2) is 16.3 Å². The van der Waals surface area contributed by atoms with Gasteiger partial charge in [0.25, 0.3) is 5.69 Å². The first-order chi connectivity index (χ1) is 17.1. The van der Waals surface area contributed by atoms with Crippen LogP contribution in [0.4, 0.5) is 11.4 Å². The number of fused-ring (bicyclic) bond motifs is 1. The molecule has 0 saturated heterocycles. The number of hydrogen-bond donors (Lipinski definition) is 0. The van der Waals surface area contributed by atoms with E-state index < -0.39 is 0 Å². The van der Waals surface area contributed by atoms with Crippen molar-refractivity contribution in [3.8, 4) is 22.8 Å². The summed E-state index contributed by atoms with van der Waals surface area (Å²) in [6.45, 7) is 5.03. The lowest BCUT2D eigenvalue weighted by Crippen LogP contribution is -2.17. The Hall–Kier alpha value is -3.91. The molecule has 0 amide bonds. The van der Waals surface area contributed by atoms with Gasteiger partial charge in [-0.1, -0.05) is 50.2 Å². The Morgan fingerprint density at radius 2 is 1.74 bits per heavy atom. The van der Waals surface area contributed by atoms with Crippen molar-refractivity contribution in [1.82, 2.24) is 4.57 Å². The zero-order valence-electron chi connectivity index (χ0n) is 19.6. The Kier molecular flexibility index (Phi) is 6.37. The first kappa shape index (κ1) is 22.9. The standard InChI is InChI=1S/C27H25N3O4S/c1-3-19-7-5-8-20(4-2)26(19)28-27-29(15-18-11-12-24-25(13-18)34-17-33-24)23(16-35-27)21-9-6-10-22(14-21)30(31)32/h5-14,16H,3-4,15,17H2,1-2H3. The van der Waals surface area contributed by atoms with Gasteiger partial charge in [0.1, 0.15) is 0 Å². The average Bonchev–Trinajstić information content (AvgIpc) is 3.51. The maximum absolute atomic E-state index is 11.4. The number of nitro groups is 1. The van der Waals surface area contributed by atoms with Crippen molar-refractivity contribution in [1.29, 1.82) is 0 Å². The number of aromatic nitrogens is 1. The molecule has 4 aromatic rings. The van der Waals surface area contributed by atoms with E-state index in [9.17, 15) is 10.1 Å². The second-order valence-electron chi connectivity index (χ2n) is 8.23. The molecule has 1 aliphatic heterocycles. The van der Waals surface area contributed by atoms with E-state index >= 15 is 0 Å². The molecule has 5 rings (SSSR count). The summed E-state index contributed by atoms with van der Waals surface area (Å²) >= 11 is 1.53. The van der Waals surface area contributed by atoms with Crippen LogP contribution in [0.3, 0.4) is 0 Å². The van der Waals surface area contributed by atoms with Crippen LogP contribution in [0, 0.1) is 10.1 Å². The first-order valence-corrected chi connectivity index (χ1v) is 12.4. The van der Waals surface area contributed by atoms with Gasteiger partial charge in [-0.25, -0.2) is 4.99 Å². The Bertz CT molecular complexity index is 1450. The van der Waals surface area contributed by atoms with Crippen LogP contribution in [0.15, 0.2) is 71.0 Å². The van der Waals surface area contributed by atoms with Gasteiger partial charge in [-0.05, 0) is 41.7 Å². The quantitative estimate of drug-likeness (QED) is 0.228. The number of rotatable bonds is 7. The van der Waals surface area contributed by atoms with Crippen molar-refractivity contribution in [3.63, 3.8) is 0 Å². The molecule has 1 aromatic heterocycles. The second kappa shape index (κ2) is 9.76. The highest BCUT2D eigenvalue weighted by Crippen LogP contribution is 2.33. The van der Waals surface area contributed by atoms with E-state index in [4.69, 9.17) is 14.5 Å². The molecule has 3 aromatic carbocycles. The average molecular weight is 488 g/mol. The zero-order valence-corrected chi connectivity index (χ0v) is 20.4. The molecule has 0 aliphatic carbocycles. The van der Waals surface area contributed by atoms with E-state index in [1.165, 1.54) is 28.5 Å². The fourth-order valence-corrected chi connectivity index (χ4v) is 5.17.